The van der Waals surface area contributed by atoms with Gasteiger partial charge in [-0.25, -0.2) is 0 Å². The number of aldehydes is 1. The molecule has 0 fully saturated rings. The average Bonchev–Trinajstić information content (AvgIpc) is 2.07. The topological polar surface area (TPSA) is 37.3 Å². The van der Waals surface area contributed by atoms with Gasteiger partial charge in [-0.2, -0.15) is 13.2 Å². The van der Waals surface area contributed by atoms with Crippen molar-refractivity contribution in [2.45, 2.75) is 6.18 Å². The molecule has 0 aromatic heterocycles. The molecule has 0 atom stereocenters. The van der Waals surface area contributed by atoms with Crippen molar-refractivity contribution in [2.24, 2.45) is 0 Å². The van der Waals surface area contributed by atoms with Gasteiger partial charge >= 0.3 is 6.18 Å². The first-order valence-corrected chi connectivity index (χ1v) is 4.20. The first-order chi connectivity index (χ1) is 6.36. The zero-order valence-corrected chi connectivity index (χ0v) is 8.19. The van der Waals surface area contributed by atoms with Crippen LogP contribution in [0.4, 0.5) is 13.2 Å². The third-order valence-electron chi connectivity index (χ3n) is 1.55. The number of hydrogen-bond donors (Lipinski definition) is 1. The summed E-state index contributed by atoms with van der Waals surface area (Å²) in [7, 11) is 0. The van der Waals surface area contributed by atoms with E-state index in [-0.39, 0.29) is 10.8 Å². The maximum absolute atomic E-state index is 12.2. The normalized spacial score (nSPS) is 11.4. The molecule has 0 spiro atoms. The summed E-state index contributed by atoms with van der Waals surface area (Å²) in [5.41, 5.74) is -1.38. The van der Waals surface area contributed by atoms with Crippen molar-refractivity contribution >= 4 is 22.2 Å². The van der Waals surface area contributed by atoms with Crippen molar-refractivity contribution in [1.29, 1.82) is 0 Å². The highest BCUT2D eigenvalue weighted by Crippen LogP contribution is 2.36. The van der Waals surface area contributed by atoms with Crippen LogP contribution in [0.15, 0.2) is 16.6 Å². The molecule has 0 aliphatic heterocycles. The monoisotopic (exact) mass is 268 g/mol. The Morgan fingerprint density at radius 3 is 2.36 bits per heavy atom. The fourth-order valence-electron chi connectivity index (χ4n) is 0.874. The molecule has 0 amide bonds. The third-order valence-corrected chi connectivity index (χ3v) is 2.15. The van der Waals surface area contributed by atoms with Gasteiger partial charge in [-0.1, -0.05) is 0 Å². The van der Waals surface area contributed by atoms with Crippen LogP contribution < -0.4 is 0 Å². The lowest BCUT2D eigenvalue weighted by Gasteiger charge is -2.09. The molecule has 0 aliphatic carbocycles. The number of carbonyl (C=O) groups is 1. The maximum Gasteiger partial charge on any atom is 0.416 e. The summed E-state index contributed by atoms with van der Waals surface area (Å²) in [6, 6.07) is 1.30. The summed E-state index contributed by atoms with van der Waals surface area (Å²) in [4.78, 5) is 10.3. The molecule has 0 bridgehead atoms. The molecule has 1 rings (SSSR count). The average molecular weight is 269 g/mol. The molecular weight excluding hydrogens is 265 g/mol. The molecule has 0 saturated carbocycles. The standard InChI is InChI=1S/C8H4BrF3O2/c9-6-2-5(8(10,11)12)1-4(3-13)7(6)14/h1-3,14H. The lowest BCUT2D eigenvalue weighted by atomic mass is 10.1. The van der Waals surface area contributed by atoms with E-state index in [0.29, 0.717) is 12.1 Å². The van der Waals surface area contributed by atoms with E-state index >= 15 is 0 Å². The van der Waals surface area contributed by atoms with Crippen molar-refractivity contribution in [2.75, 3.05) is 0 Å². The Morgan fingerprint density at radius 2 is 1.93 bits per heavy atom. The SMILES string of the molecule is O=Cc1cc(C(F)(F)F)cc(Br)c1O. The van der Waals surface area contributed by atoms with Gasteiger partial charge in [0.25, 0.3) is 0 Å². The van der Waals surface area contributed by atoms with E-state index < -0.39 is 23.1 Å². The van der Waals surface area contributed by atoms with Crippen LogP contribution in [-0.4, -0.2) is 11.4 Å². The van der Waals surface area contributed by atoms with Gasteiger partial charge in [0.15, 0.2) is 6.29 Å². The predicted molar refractivity (Wildman–Crippen MR) is 46.2 cm³/mol. The van der Waals surface area contributed by atoms with Gasteiger partial charge in [0.05, 0.1) is 15.6 Å². The van der Waals surface area contributed by atoms with E-state index in [1.165, 1.54) is 0 Å². The van der Waals surface area contributed by atoms with Gasteiger partial charge in [0.2, 0.25) is 0 Å². The summed E-state index contributed by atoms with van der Waals surface area (Å²) in [6.07, 6.45) is -4.37. The minimum Gasteiger partial charge on any atom is -0.506 e. The first-order valence-electron chi connectivity index (χ1n) is 3.41. The van der Waals surface area contributed by atoms with E-state index in [4.69, 9.17) is 5.11 Å². The van der Waals surface area contributed by atoms with Crippen LogP contribution in [0.25, 0.3) is 0 Å². The second kappa shape index (κ2) is 3.61. The van der Waals surface area contributed by atoms with E-state index in [1.54, 1.807) is 0 Å². The number of rotatable bonds is 1. The first kappa shape index (κ1) is 11.0. The Labute approximate surface area is 85.5 Å². The lowest BCUT2D eigenvalue weighted by molar-refractivity contribution is -0.137. The number of carbonyl (C=O) groups excluding carboxylic acids is 1. The van der Waals surface area contributed by atoms with Crippen LogP contribution >= 0.6 is 15.9 Å². The van der Waals surface area contributed by atoms with Crippen LogP contribution in [0.5, 0.6) is 5.75 Å². The van der Waals surface area contributed by atoms with Gasteiger partial charge in [-0.05, 0) is 28.1 Å². The van der Waals surface area contributed by atoms with E-state index in [2.05, 4.69) is 15.9 Å². The maximum atomic E-state index is 12.2. The molecule has 1 N–H and O–H groups in total. The molecule has 1 aromatic rings. The molecular formula is C8H4BrF3O2. The Kier molecular flexibility index (Phi) is 2.84. The van der Waals surface area contributed by atoms with Gasteiger partial charge < -0.3 is 5.11 Å². The quantitative estimate of drug-likeness (QED) is 0.796. The van der Waals surface area contributed by atoms with Crippen molar-refractivity contribution in [3.05, 3.63) is 27.7 Å². The summed E-state index contributed by atoms with van der Waals surface area (Å²) >= 11 is 2.72. The fraction of sp³-hybridized carbons (Fsp3) is 0.125. The molecule has 0 saturated heterocycles. The molecule has 1 aromatic carbocycles. The second-order valence-corrected chi connectivity index (χ2v) is 3.37. The zero-order chi connectivity index (χ0) is 10.9. The van der Waals surface area contributed by atoms with Gasteiger partial charge in [0.1, 0.15) is 5.75 Å². The number of halogens is 4. The number of benzene rings is 1. The molecule has 76 valence electrons. The summed E-state index contributed by atoms with van der Waals surface area (Å²) in [5.74, 6) is -0.493. The summed E-state index contributed by atoms with van der Waals surface area (Å²) < 4.78 is 36.4. The largest absolute Gasteiger partial charge is 0.506 e. The van der Waals surface area contributed by atoms with Crippen molar-refractivity contribution in [3.63, 3.8) is 0 Å². The number of hydrogen-bond acceptors (Lipinski definition) is 2. The van der Waals surface area contributed by atoms with Crippen molar-refractivity contribution < 1.29 is 23.1 Å². The smallest absolute Gasteiger partial charge is 0.416 e. The van der Waals surface area contributed by atoms with Gasteiger partial charge in [-0.3, -0.25) is 4.79 Å². The summed E-state index contributed by atoms with van der Waals surface area (Å²) in [6.45, 7) is 0. The highest BCUT2D eigenvalue weighted by Gasteiger charge is 2.31. The highest BCUT2D eigenvalue weighted by molar-refractivity contribution is 9.10. The number of aromatic hydroxyl groups is 1. The molecule has 6 heteroatoms. The van der Waals surface area contributed by atoms with Crippen LogP contribution in [0.2, 0.25) is 0 Å². The molecule has 0 radical (unpaired) electrons. The van der Waals surface area contributed by atoms with Crippen LogP contribution in [0, 0.1) is 0 Å². The fourth-order valence-corrected chi connectivity index (χ4v) is 1.35. The predicted octanol–water partition coefficient (Wildman–Crippen LogP) is 2.99. The van der Waals surface area contributed by atoms with E-state index in [9.17, 15) is 18.0 Å². The second-order valence-electron chi connectivity index (χ2n) is 2.51. The Balaban J connectivity index is 3.37. The number of alkyl halides is 3. The van der Waals surface area contributed by atoms with Crippen LogP contribution in [-0.2, 0) is 6.18 Å². The Hall–Kier alpha value is -1.04. The van der Waals surface area contributed by atoms with Crippen LogP contribution in [0.3, 0.4) is 0 Å². The zero-order valence-electron chi connectivity index (χ0n) is 6.60. The van der Waals surface area contributed by atoms with Crippen molar-refractivity contribution in [1.82, 2.24) is 0 Å². The minimum absolute atomic E-state index is 0.158. The molecule has 14 heavy (non-hydrogen) atoms. The Morgan fingerprint density at radius 1 is 1.36 bits per heavy atom. The van der Waals surface area contributed by atoms with E-state index in [1.807, 2.05) is 0 Å². The highest BCUT2D eigenvalue weighted by atomic mass is 79.9. The van der Waals surface area contributed by atoms with Gasteiger partial charge in [-0.15, -0.1) is 0 Å². The van der Waals surface area contributed by atoms with Crippen molar-refractivity contribution in [3.8, 4) is 5.75 Å². The summed E-state index contributed by atoms with van der Waals surface area (Å²) in [5, 5.41) is 9.14. The molecule has 0 heterocycles. The Bertz CT molecular complexity index is 374. The molecule has 2 nitrogen and oxygen atoms in total. The molecule has 0 unspecified atom stereocenters. The third kappa shape index (κ3) is 2.06. The van der Waals surface area contributed by atoms with Crippen LogP contribution in [0.1, 0.15) is 15.9 Å². The number of phenols is 1. The lowest BCUT2D eigenvalue weighted by Crippen LogP contribution is -2.05. The van der Waals surface area contributed by atoms with Gasteiger partial charge in [0, 0.05) is 0 Å². The number of phenolic OH excluding ortho intramolecular Hbond substituents is 1. The minimum atomic E-state index is -4.53. The molecule has 0 aliphatic rings. The van der Waals surface area contributed by atoms with E-state index in [0.717, 1.165) is 0 Å².